The van der Waals surface area contributed by atoms with E-state index in [1.807, 2.05) is 24.3 Å². The molecule has 102 valence electrons. The number of hydrazone groups is 1. The number of rotatable bonds is 3. The van der Waals surface area contributed by atoms with Crippen LogP contribution in [0.25, 0.3) is 0 Å². The van der Waals surface area contributed by atoms with Crippen molar-refractivity contribution in [2.24, 2.45) is 5.10 Å². The Morgan fingerprint density at radius 1 is 1.11 bits per heavy atom. The molecule has 3 heteroatoms. The molecule has 0 saturated heterocycles. The van der Waals surface area contributed by atoms with Crippen molar-refractivity contribution in [2.45, 2.75) is 51.9 Å². The maximum Gasteiger partial charge on any atom is 0.271 e. The van der Waals surface area contributed by atoms with Gasteiger partial charge in [0.1, 0.15) is 0 Å². The van der Waals surface area contributed by atoms with Gasteiger partial charge in [0.05, 0.1) is 0 Å². The van der Waals surface area contributed by atoms with Crippen LogP contribution in [0.4, 0.5) is 0 Å². The molecule has 1 aromatic rings. The largest absolute Gasteiger partial charge is 0.271 e. The Morgan fingerprint density at radius 3 is 2.32 bits per heavy atom. The summed E-state index contributed by atoms with van der Waals surface area (Å²) >= 11 is 0. The van der Waals surface area contributed by atoms with Gasteiger partial charge in [-0.05, 0) is 49.3 Å². The molecule has 0 atom stereocenters. The van der Waals surface area contributed by atoms with Crippen molar-refractivity contribution in [3.8, 4) is 0 Å². The molecular formula is C16H22N2O. The van der Waals surface area contributed by atoms with Crippen molar-refractivity contribution in [3.63, 3.8) is 0 Å². The normalized spacial score (nSPS) is 15.4. The minimum atomic E-state index is -0.117. The maximum atomic E-state index is 12.0. The molecule has 0 aromatic heterocycles. The highest BCUT2D eigenvalue weighted by molar-refractivity contribution is 5.95. The summed E-state index contributed by atoms with van der Waals surface area (Å²) < 4.78 is 0. The maximum absolute atomic E-state index is 12.0. The van der Waals surface area contributed by atoms with Gasteiger partial charge in [-0.15, -0.1) is 0 Å². The van der Waals surface area contributed by atoms with Crippen LogP contribution in [0.5, 0.6) is 0 Å². The van der Waals surface area contributed by atoms with E-state index in [0.29, 0.717) is 11.5 Å². The summed E-state index contributed by atoms with van der Waals surface area (Å²) in [4.78, 5) is 12.0. The fourth-order valence-corrected chi connectivity index (χ4v) is 2.29. The number of nitrogens with zero attached hydrogens (tertiary/aromatic N) is 1. The molecular weight excluding hydrogens is 236 g/mol. The molecule has 1 saturated carbocycles. The highest BCUT2D eigenvalue weighted by Crippen LogP contribution is 2.15. The number of benzene rings is 1. The van der Waals surface area contributed by atoms with Crippen LogP contribution in [-0.4, -0.2) is 11.6 Å². The van der Waals surface area contributed by atoms with Gasteiger partial charge in [-0.2, -0.15) is 5.10 Å². The van der Waals surface area contributed by atoms with Crippen molar-refractivity contribution >= 4 is 11.6 Å². The van der Waals surface area contributed by atoms with Gasteiger partial charge in [-0.1, -0.05) is 32.4 Å². The molecule has 0 unspecified atom stereocenters. The zero-order valence-electron chi connectivity index (χ0n) is 11.8. The summed E-state index contributed by atoms with van der Waals surface area (Å²) in [6.45, 7) is 4.29. The van der Waals surface area contributed by atoms with Crippen molar-refractivity contribution in [2.75, 3.05) is 0 Å². The highest BCUT2D eigenvalue weighted by Gasteiger charge is 2.09. The minimum Gasteiger partial charge on any atom is -0.267 e. The molecule has 2 rings (SSSR count). The van der Waals surface area contributed by atoms with Crippen LogP contribution in [0.1, 0.15) is 67.8 Å². The van der Waals surface area contributed by atoms with Crippen LogP contribution in [-0.2, 0) is 0 Å². The second-order valence-electron chi connectivity index (χ2n) is 5.46. The molecule has 0 heterocycles. The van der Waals surface area contributed by atoms with Crippen molar-refractivity contribution in [1.82, 2.24) is 5.43 Å². The van der Waals surface area contributed by atoms with Gasteiger partial charge in [0, 0.05) is 11.3 Å². The Bertz CT molecular complexity index is 452. The van der Waals surface area contributed by atoms with Crippen molar-refractivity contribution in [1.29, 1.82) is 0 Å². The molecule has 0 bridgehead atoms. The quantitative estimate of drug-likeness (QED) is 0.822. The second-order valence-corrected chi connectivity index (χ2v) is 5.46. The zero-order chi connectivity index (χ0) is 13.7. The van der Waals surface area contributed by atoms with E-state index in [0.717, 1.165) is 18.6 Å². The summed E-state index contributed by atoms with van der Waals surface area (Å²) in [6.07, 6.45) is 5.71. The number of amides is 1. The number of hydrogen-bond donors (Lipinski definition) is 1. The van der Waals surface area contributed by atoms with Gasteiger partial charge in [0.15, 0.2) is 0 Å². The lowest BCUT2D eigenvalue weighted by molar-refractivity contribution is 0.0954. The molecule has 1 fully saturated rings. The molecule has 1 N–H and O–H groups in total. The smallest absolute Gasteiger partial charge is 0.267 e. The summed E-state index contributed by atoms with van der Waals surface area (Å²) in [7, 11) is 0. The molecule has 1 aliphatic rings. The van der Waals surface area contributed by atoms with Gasteiger partial charge in [-0.25, -0.2) is 5.43 Å². The van der Waals surface area contributed by atoms with Crippen molar-refractivity contribution < 1.29 is 4.79 Å². The van der Waals surface area contributed by atoms with Crippen LogP contribution in [0.3, 0.4) is 0 Å². The van der Waals surface area contributed by atoms with Gasteiger partial charge in [-0.3, -0.25) is 4.79 Å². The van der Waals surface area contributed by atoms with E-state index in [4.69, 9.17) is 0 Å². The number of hydrogen-bond acceptors (Lipinski definition) is 2. The third kappa shape index (κ3) is 3.91. The van der Waals surface area contributed by atoms with Gasteiger partial charge >= 0.3 is 0 Å². The van der Waals surface area contributed by atoms with E-state index < -0.39 is 0 Å². The second kappa shape index (κ2) is 6.50. The standard InChI is InChI=1S/C16H22N2O/c1-12(2)13-8-10-14(11-9-13)16(19)18-17-15-6-4-3-5-7-15/h8-12H,3-7H2,1-2H3,(H,18,19). The summed E-state index contributed by atoms with van der Waals surface area (Å²) in [5, 5.41) is 4.23. The van der Waals surface area contributed by atoms with Crippen LogP contribution in [0, 0.1) is 0 Å². The molecule has 0 aliphatic heterocycles. The van der Waals surface area contributed by atoms with Gasteiger partial charge in [0.25, 0.3) is 5.91 Å². The Morgan fingerprint density at radius 2 is 1.74 bits per heavy atom. The van der Waals surface area contributed by atoms with Crippen LogP contribution >= 0.6 is 0 Å². The number of carbonyl (C=O) groups is 1. The lowest BCUT2D eigenvalue weighted by Gasteiger charge is -2.12. The van der Waals surface area contributed by atoms with Crippen molar-refractivity contribution in [3.05, 3.63) is 35.4 Å². The number of nitrogens with one attached hydrogen (secondary N) is 1. The Labute approximate surface area is 115 Å². The van der Waals surface area contributed by atoms with E-state index in [9.17, 15) is 4.79 Å². The van der Waals surface area contributed by atoms with Crippen LogP contribution in [0.15, 0.2) is 29.4 Å². The zero-order valence-corrected chi connectivity index (χ0v) is 11.8. The predicted molar refractivity (Wildman–Crippen MR) is 78.5 cm³/mol. The Kier molecular flexibility index (Phi) is 4.72. The SMILES string of the molecule is CC(C)c1ccc(C(=O)NN=C2CCCCC2)cc1. The third-order valence-corrected chi connectivity index (χ3v) is 3.59. The number of carbonyl (C=O) groups excluding carboxylic acids is 1. The molecule has 1 amide bonds. The monoisotopic (exact) mass is 258 g/mol. The van der Waals surface area contributed by atoms with Crippen LogP contribution < -0.4 is 5.43 Å². The first-order valence-corrected chi connectivity index (χ1v) is 7.12. The Hall–Kier alpha value is -1.64. The summed E-state index contributed by atoms with van der Waals surface area (Å²) in [5.74, 6) is 0.368. The van der Waals surface area contributed by atoms with E-state index in [1.54, 1.807) is 0 Å². The first kappa shape index (κ1) is 13.8. The molecule has 0 spiro atoms. The summed E-state index contributed by atoms with van der Waals surface area (Å²) in [5.41, 5.74) is 5.71. The molecule has 19 heavy (non-hydrogen) atoms. The molecule has 1 aliphatic carbocycles. The predicted octanol–water partition coefficient (Wildman–Crippen LogP) is 3.86. The van der Waals surface area contributed by atoms with E-state index in [2.05, 4.69) is 24.4 Å². The average molecular weight is 258 g/mol. The average Bonchev–Trinajstić information content (AvgIpc) is 2.46. The fraction of sp³-hybridized carbons (Fsp3) is 0.500. The lowest BCUT2D eigenvalue weighted by atomic mass is 9.99. The van der Waals surface area contributed by atoms with Gasteiger partial charge < -0.3 is 0 Å². The van der Waals surface area contributed by atoms with Gasteiger partial charge in [0.2, 0.25) is 0 Å². The molecule has 1 aromatic carbocycles. The molecule has 0 radical (unpaired) electrons. The lowest BCUT2D eigenvalue weighted by Crippen LogP contribution is -2.20. The van der Waals surface area contributed by atoms with E-state index in [-0.39, 0.29) is 5.91 Å². The third-order valence-electron chi connectivity index (χ3n) is 3.59. The minimum absolute atomic E-state index is 0.117. The van der Waals surface area contributed by atoms with E-state index >= 15 is 0 Å². The highest BCUT2D eigenvalue weighted by atomic mass is 16.2. The van der Waals surface area contributed by atoms with E-state index in [1.165, 1.54) is 24.8 Å². The fourth-order valence-electron chi connectivity index (χ4n) is 2.29. The first-order chi connectivity index (χ1) is 9.16. The first-order valence-electron chi connectivity index (χ1n) is 7.12. The topological polar surface area (TPSA) is 41.5 Å². The summed E-state index contributed by atoms with van der Waals surface area (Å²) in [6, 6.07) is 7.75. The Balaban J connectivity index is 1.95. The molecule has 3 nitrogen and oxygen atoms in total. The van der Waals surface area contributed by atoms with Crippen LogP contribution in [0.2, 0.25) is 0 Å².